The van der Waals surface area contributed by atoms with Gasteiger partial charge in [-0.2, -0.15) is 4.98 Å². The zero-order valence-corrected chi connectivity index (χ0v) is 28.1. The standard InChI is InChI=1S/C35H39ClN8O5/c1-37-31(46)19-49-29-16-22-15-25(11-13-28(22)44(2)34(29)48)41-32-27(36)18-39-35(43-32)38-17-20-3-7-23(8-4-20)40-24-9-5-21(6-10-24)26-12-14-30(45)42-33(26)47/h5-6,9-11,13,15-16,18,20,23,26,40H,3-4,7-8,12,14,17,19H2,1-2H3,(H,37,46)(H,42,45,47)(H2,38,39,41,43)/t20-,23+,26-/m1/s1. The molecule has 3 amide bonds. The maximum absolute atomic E-state index is 12.7. The lowest BCUT2D eigenvalue weighted by Crippen LogP contribution is -2.39. The van der Waals surface area contributed by atoms with Gasteiger partial charge < -0.3 is 30.6 Å². The zero-order valence-electron chi connectivity index (χ0n) is 27.3. The van der Waals surface area contributed by atoms with Crippen LogP contribution in [0.25, 0.3) is 10.9 Å². The van der Waals surface area contributed by atoms with Crippen molar-refractivity contribution >= 4 is 63.4 Å². The number of carbonyl (C=O) groups excluding carboxylic acids is 3. The molecule has 1 aliphatic heterocycles. The molecular formula is C35H39ClN8O5. The van der Waals surface area contributed by atoms with Gasteiger partial charge in [-0.25, -0.2) is 4.98 Å². The number of carbonyl (C=O) groups is 3. The van der Waals surface area contributed by atoms with E-state index in [1.165, 1.54) is 11.6 Å². The van der Waals surface area contributed by atoms with Crippen molar-refractivity contribution in [1.29, 1.82) is 0 Å². The number of benzene rings is 2. The summed E-state index contributed by atoms with van der Waals surface area (Å²) in [6, 6.07) is 15.4. The maximum Gasteiger partial charge on any atom is 0.293 e. The molecule has 2 aromatic carbocycles. The number of aryl methyl sites for hydroxylation is 1. The van der Waals surface area contributed by atoms with Crippen molar-refractivity contribution < 1.29 is 19.1 Å². The number of halogens is 1. The van der Waals surface area contributed by atoms with Crippen LogP contribution in [0.5, 0.6) is 5.75 Å². The monoisotopic (exact) mass is 686 g/mol. The Hall–Kier alpha value is -5.17. The lowest BCUT2D eigenvalue weighted by molar-refractivity contribution is -0.134. The Morgan fingerprint density at radius 1 is 1.02 bits per heavy atom. The molecule has 0 bridgehead atoms. The van der Waals surface area contributed by atoms with Gasteiger partial charge in [0.05, 0.1) is 17.6 Å². The summed E-state index contributed by atoms with van der Waals surface area (Å²) in [6.07, 6.45) is 6.62. The molecule has 13 nitrogen and oxygen atoms in total. The third-order valence-corrected chi connectivity index (χ3v) is 9.43. The first kappa shape index (κ1) is 33.7. The van der Waals surface area contributed by atoms with E-state index in [0.29, 0.717) is 52.8 Å². The molecule has 0 unspecified atom stereocenters. The minimum Gasteiger partial charge on any atom is -0.478 e. The molecule has 4 aromatic rings. The minimum absolute atomic E-state index is 0.0767. The van der Waals surface area contributed by atoms with Gasteiger partial charge in [0.15, 0.2) is 18.2 Å². The van der Waals surface area contributed by atoms with Crippen LogP contribution in [0.3, 0.4) is 0 Å². The van der Waals surface area contributed by atoms with Gasteiger partial charge in [-0.3, -0.25) is 24.5 Å². The number of aromatic nitrogens is 3. The summed E-state index contributed by atoms with van der Waals surface area (Å²) in [6.45, 7) is 0.473. The number of anilines is 4. The van der Waals surface area contributed by atoms with Gasteiger partial charge in [0.1, 0.15) is 5.02 Å². The molecule has 3 heterocycles. The second-order valence-corrected chi connectivity index (χ2v) is 12.9. The van der Waals surface area contributed by atoms with E-state index >= 15 is 0 Å². The summed E-state index contributed by atoms with van der Waals surface area (Å²) in [4.78, 5) is 57.0. The largest absolute Gasteiger partial charge is 0.478 e. The van der Waals surface area contributed by atoms with E-state index in [0.717, 1.165) is 48.9 Å². The van der Waals surface area contributed by atoms with Gasteiger partial charge in [-0.05, 0) is 80.0 Å². The van der Waals surface area contributed by atoms with Crippen molar-refractivity contribution in [2.45, 2.75) is 50.5 Å². The van der Waals surface area contributed by atoms with Gasteiger partial charge in [-0.1, -0.05) is 23.7 Å². The Balaban J connectivity index is 1.01. The van der Waals surface area contributed by atoms with Crippen LogP contribution >= 0.6 is 11.6 Å². The van der Waals surface area contributed by atoms with E-state index in [1.54, 1.807) is 19.3 Å². The maximum atomic E-state index is 12.7. The van der Waals surface area contributed by atoms with Crippen molar-refractivity contribution in [2.75, 3.05) is 36.1 Å². The van der Waals surface area contributed by atoms with E-state index in [1.807, 2.05) is 42.5 Å². The third-order valence-electron chi connectivity index (χ3n) is 9.15. The fraction of sp³-hybridized carbons (Fsp3) is 0.371. The number of rotatable bonds is 11. The van der Waals surface area contributed by atoms with Crippen LogP contribution in [0, 0.1) is 5.92 Å². The second-order valence-electron chi connectivity index (χ2n) is 12.5. The normalized spacial score (nSPS) is 19.2. The van der Waals surface area contributed by atoms with E-state index in [4.69, 9.17) is 16.3 Å². The molecule has 2 aliphatic rings. The Bertz CT molecular complexity index is 1920. The van der Waals surface area contributed by atoms with Crippen LogP contribution in [-0.4, -0.2) is 58.5 Å². The smallest absolute Gasteiger partial charge is 0.293 e. The third kappa shape index (κ3) is 8.11. The van der Waals surface area contributed by atoms with Crippen molar-refractivity contribution in [2.24, 2.45) is 13.0 Å². The molecule has 14 heteroatoms. The van der Waals surface area contributed by atoms with Crippen LogP contribution in [-0.2, 0) is 21.4 Å². The zero-order chi connectivity index (χ0) is 34.5. The summed E-state index contributed by atoms with van der Waals surface area (Å²) < 4.78 is 6.95. The predicted molar refractivity (Wildman–Crippen MR) is 189 cm³/mol. The fourth-order valence-corrected chi connectivity index (χ4v) is 6.47. The number of likely N-dealkylation sites (N-methyl/N-ethyl adjacent to an activating group) is 1. The van der Waals surface area contributed by atoms with Gasteiger partial charge in [-0.15, -0.1) is 0 Å². The molecule has 1 aliphatic carbocycles. The highest BCUT2D eigenvalue weighted by Gasteiger charge is 2.28. The number of imide groups is 1. The molecule has 256 valence electrons. The molecule has 2 aromatic heterocycles. The first-order chi connectivity index (χ1) is 23.7. The predicted octanol–water partition coefficient (Wildman–Crippen LogP) is 4.45. The van der Waals surface area contributed by atoms with Crippen LogP contribution in [0.1, 0.15) is 50.0 Å². The molecule has 5 N–H and O–H groups in total. The lowest BCUT2D eigenvalue weighted by atomic mass is 9.86. The average molecular weight is 687 g/mol. The number of hydrogen-bond acceptors (Lipinski definition) is 10. The van der Waals surface area contributed by atoms with Crippen molar-refractivity contribution in [1.82, 2.24) is 25.2 Å². The highest BCUT2D eigenvalue weighted by atomic mass is 35.5. The average Bonchev–Trinajstić information content (AvgIpc) is 3.10. The number of pyridine rings is 1. The molecule has 0 radical (unpaired) electrons. The van der Waals surface area contributed by atoms with Crippen molar-refractivity contribution in [3.8, 4) is 5.75 Å². The Morgan fingerprint density at radius 2 is 1.78 bits per heavy atom. The van der Waals surface area contributed by atoms with Gasteiger partial charge in [0, 0.05) is 49.9 Å². The number of nitrogens with one attached hydrogen (secondary N) is 5. The number of nitrogens with zero attached hydrogens (tertiary/aromatic N) is 3. The number of hydrogen-bond donors (Lipinski definition) is 5. The first-order valence-corrected chi connectivity index (χ1v) is 16.8. The molecular weight excluding hydrogens is 648 g/mol. The molecule has 6 rings (SSSR count). The highest BCUT2D eigenvalue weighted by Crippen LogP contribution is 2.30. The molecule has 1 atom stereocenters. The SMILES string of the molecule is CNC(=O)COc1cc2cc(Nc3nc(NC[C@H]4CC[C@@H](Nc5ccc([C@H]6CCC(=O)NC6=O)cc5)CC4)ncc3Cl)ccc2n(C)c1=O. The van der Waals surface area contributed by atoms with E-state index < -0.39 is 0 Å². The Morgan fingerprint density at radius 3 is 2.51 bits per heavy atom. The quantitative estimate of drug-likeness (QED) is 0.142. The molecule has 0 spiro atoms. The van der Waals surface area contributed by atoms with Gasteiger partial charge in [0.2, 0.25) is 17.8 Å². The highest BCUT2D eigenvalue weighted by molar-refractivity contribution is 6.32. The van der Waals surface area contributed by atoms with Gasteiger partial charge in [0.25, 0.3) is 11.5 Å². The van der Waals surface area contributed by atoms with E-state index in [-0.39, 0.29) is 41.6 Å². The molecule has 1 saturated carbocycles. The van der Waals surface area contributed by atoms with Crippen molar-refractivity contribution in [3.63, 3.8) is 0 Å². The fourth-order valence-electron chi connectivity index (χ4n) is 6.33. The summed E-state index contributed by atoms with van der Waals surface area (Å²) >= 11 is 6.46. The van der Waals surface area contributed by atoms with Gasteiger partial charge >= 0.3 is 0 Å². The van der Waals surface area contributed by atoms with E-state index in [2.05, 4.69) is 36.6 Å². The number of fused-ring (bicyclic) bond motifs is 1. The number of ether oxygens (including phenoxy) is 1. The lowest BCUT2D eigenvalue weighted by Gasteiger charge is -2.30. The molecule has 1 saturated heterocycles. The number of piperidine rings is 1. The summed E-state index contributed by atoms with van der Waals surface area (Å²) in [5.41, 5.74) is 3.02. The van der Waals surface area contributed by atoms with Crippen LogP contribution in [0.4, 0.5) is 23.1 Å². The summed E-state index contributed by atoms with van der Waals surface area (Å²) in [7, 11) is 3.15. The topological polar surface area (TPSA) is 168 Å². The minimum atomic E-state index is -0.338. The first-order valence-electron chi connectivity index (χ1n) is 16.4. The second kappa shape index (κ2) is 14.9. The Kier molecular flexibility index (Phi) is 10.3. The molecule has 2 fully saturated rings. The summed E-state index contributed by atoms with van der Waals surface area (Å²) in [5, 5.41) is 16.2. The van der Waals surface area contributed by atoms with E-state index in [9.17, 15) is 19.2 Å². The Labute approximate surface area is 288 Å². The summed E-state index contributed by atoms with van der Waals surface area (Å²) in [5.74, 6) is 0.417. The van der Waals surface area contributed by atoms with Crippen LogP contribution < -0.4 is 36.9 Å². The number of amides is 3. The molecule has 49 heavy (non-hydrogen) atoms. The van der Waals surface area contributed by atoms with Crippen molar-refractivity contribution in [3.05, 3.63) is 75.7 Å². The van der Waals surface area contributed by atoms with Crippen LogP contribution in [0.2, 0.25) is 5.02 Å². The van der Waals surface area contributed by atoms with Crippen LogP contribution in [0.15, 0.2) is 59.5 Å².